The van der Waals surface area contributed by atoms with Gasteiger partial charge in [0.25, 0.3) is 21.1 Å². The summed E-state index contributed by atoms with van der Waals surface area (Å²) in [5, 5.41) is 7.93. The van der Waals surface area contributed by atoms with Crippen LogP contribution in [0.15, 0.2) is 65.8 Å². The SMILES string of the molecule is Cn1cnc(S(=O)(=O)N(C2CC(F)(F)C2)[C@H]2CCC3=Cc4c(cnn4-c4ccc(F)cc4)C[C@]3(C(=O)c3cc(F)ccn3)C2)n1. The Kier molecular flexibility index (Phi) is 6.82. The Labute approximate surface area is 255 Å². The quantitative estimate of drug-likeness (QED) is 0.215. The highest BCUT2D eigenvalue weighted by Crippen LogP contribution is 2.53. The number of carbonyl (C=O) groups excluding carboxylic acids is 1. The van der Waals surface area contributed by atoms with Crippen LogP contribution in [0.4, 0.5) is 17.6 Å². The van der Waals surface area contributed by atoms with Gasteiger partial charge in [0, 0.05) is 44.2 Å². The summed E-state index contributed by atoms with van der Waals surface area (Å²) in [5.74, 6) is -4.60. The summed E-state index contributed by atoms with van der Waals surface area (Å²) in [7, 11) is -2.95. The maximum Gasteiger partial charge on any atom is 0.282 e. The van der Waals surface area contributed by atoms with Crippen LogP contribution < -0.4 is 0 Å². The predicted octanol–water partition coefficient (Wildman–Crippen LogP) is 4.52. The number of fused-ring (bicyclic) bond motifs is 2. The number of carbonyl (C=O) groups is 1. The number of sulfonamides is 1. The van der Waals surface area contributed by atoms with Crippen molar-refractivity contribution in [3.63, 3.8) is 0 Å². The molecule has 0 spiro atoms. The van der Waals surface area contributed by atoms with Crippen molar-refractivity contribution in [3.8, 4) is 5.69 Å². The third kappa shape index (κ3) is 4.97. The van der Waals surface area contributed by atoms with Gasteiger partial charge in [0.15, 0.2) is 5.78 Å². The van der Waals surface area contributed by atoms with Crippen molar-refractivity contribution in [3.05, 3.63) is 89.3 Å². The molecule has 0 bridgehead atoms. The topological polar surface area (TPSA) is 116 Å². The van der Waals surface area contributed by atoms with Crippen molar-refractivity contribution in [1.82, 2.24) is 33.8 Å². The smallest absolute Gasteiger partial charge is 0.282 e. The van der Waals surface area contributed by atoms with Crippen LogP contribution >= 0.6 is 0 Å². The van der Waals surface area contributed by atoms with E-state index in [4.69, 9.17) is 0 Å². The molecule has 0 N–H and O–H groups in total. The Morgan fingerprint density at radius 2 is 1.78 bits per heavy atom. The van der Waals surface area contributed by atoms with E-state index in [0.29, 0.717) is 22.5 Å². The number of halogens is 4. The summed E-state index contributed by atoms with van der Waals surface area (Å²) >= 11 is 0. The van der Waals surface area contributed by atoms with Crippen LogP contribution in [0, 0.1) is 17.0 Å². The minimum Gasteiger partial charge on any atom is -0.291 e. The predicted molar refractivity (Wildman–Crippen MR) is 152 cm³/mol. The summed E-state index contributed by atoms with van der Waals surface area (Å²) in [6.07, 6.45) is 4.95. The molecule has 0 radical (unpaired) electrons. The van der Waals surface area contributed by atoms with Gasteiger partial charge in [0.05, 0.1) is 23.0 Å². The van der Waals surface area contributed by atoms with Crippen molar-refractivity contribution >= 4 is 21.9 Å². The molecule has 15 heteroatoms. The fourth-order valence-corrected chi connectivity index (χ4v) is 8.61. The van der Waals surface area contributed by atoms with Crippen molar-refractivity contribution < 1.29 is 30.8 Å². The number of hydrogen-bond acceptors (Lipinski definition) is 7. The number of alkyl halides is 2. The standard InChI is InChI=1S/C30H27F4N7O3S/c1-39-17-36-28(38-39)45(43,44)41(24-14-30(33,34)15-24)23-5-2-19-10-26-18(16-37-40(26)22-6-3-20(31)4-7-22)12-29(19,13-23)27(42)25-11-21(32)8-9-35-25/h3-4,6-11,16-17,23-24H,2,5,12-15H2,1H3/t23-,29-/m0/s1. The van der Waals surface area contributed by atoms with Gasteiger partial charge >= 0.3 is 0 Å². The molecule has 3 aromatic heterocycles. The first-order valence-corrected chi connectivity index (χ1v) is 15.8. The van der Waals surface area contributed by atoms with Crippen LogP contribution in [0.2, 0.25) is 0 Å². The molecule has 234 valence electrons. The number of hydrogen-bond donors (Lipinski definition) is 0. The van der Waals surface area contributed by atoms with E-state index in [9.17, 15) is 30.8 Å². The number of allylic oxidation sites excluding steroid dienone is 1. The van der Waals surface area contributed by atoms with Crippen LogP contribution in [0.1, 0.15) is 53.8 Å². The Hall–Kier alpha value is -4.24. The lowest BCUT2D eigenvalue weighted by Crippen LogP contribution is -2.59. The zero-order valence-corrected chi connectivity index (χ0v) is 24.8. The second-order valence-corrected chi connectivity index (χ2v) is 13.6. The molecule has 0 unspecified atom stereocenters. The molecule has 0 aliphatic heterocycles. The number of pyridine rings is 1. The molecule has 45 heavy (non-hydrogen) atoms. The third-order valence-corrected chi connectivity index (χ3v) is 10.8. The minimum absolute atomic E-state index is 0.0643. The molecule has 0 amide bonds. The first-order chi connectivity index (χ1) is 21.4. The van der Waals surface area contributed by atoms with Crippen molar-refractivity contribution in [2.75, 3.05) is 0 Å². The van der Waals surface area contributed by atoms with Crippen molar-refractivity contribution in [2.24, 2.45) is 12.5 Å². The third-order valence-electron chi connectivity index (χ3n) is 8.97. The molecule has 3 aliphatic carbocycles. The van der Waals surface area contributed by atoms with Gasteiger partial charge < -0.3 is 0 Å². The van der Waals surface area contributed by atoms with E-state index < -0.39 is 68.9 Å². The zero-order chi connectivity index (χ0) is 31.7. The van der Waals surface area contributed by atoms with Crippen LogP contribution in [0.3, 0.4) is 0 Å². The number of nitrogens with zero attached hydrogens (tertiary/aromatic N) is 7. The molecule has 10 nitrogen and oxygen atoms in total. The monoisotopic (exact) mass is 641 g/mol. The maximum absolute atomic E-state index is 14.4. The van der Waals surface area contributed by atoms with E-state index in [1.807, 2.05) is 6.08 Å². The molecule has 2 atom stereocenters. The van der Waals surface area contributed by atoms with Crippen LogP contribution in [-0.4, -0.2) is 66.0 Å². The number of aromatic nitrogens is 6. The van der Waals surface area contributed by atoms with Crippen LogP contribution in [-0.2, 0) is 23.5 Å². The second-order valence-electron chi connectivity index (χ2n) is 11.9. The van der Waals surface area contributed by atoms with E-state index in [1.165, 1.54) is 36.4 Å². The summed E-state index contributed by atoms with van der Waals surface area (Å²) in [6, 6.07) is 6.02. The van der Waals surface area contributed by atoms with Gasteiger partial charge in [0.2, 0.25) is 0 Å². The first kappa shape index (κ1) is 29.5. The minimum atomic E-state index is -4.44. The Morgan fingerprint density at radius 1 is 1.02 bits per heavy atom. The molecule has 2 saturated carbocycles. The van der Waals surface area contributed by atoms with Crippen LogP contribution in [0.25, 0.3) is 11.8 Å². The summed E-state index contributed by atoms with van der Waals surface area (Å²) in [6.45, 7) is 0. The molecular formula is C30H27F4N7O3S. The lowest BCUT2D eigenvalue weighted by Gasteiger charge is -2.50. The number of Topliss-reactive ketones (excluding diaryl/α,β-unsaturated/α-hetero) is 1. The highest BCUT2D eigenvalue weighted by atomic mass is 32.2. The fraction of sp³-hybridized carbons (Fsp3) is 0.367. The summed E-state index contributed by atoms with van der Waals surface area (Å²) in [4.78, 5) is 22.5. The highest BCUT2D eigenvalue weighted by molar-refractivity contribution is 7.89. The summed E-state index contributed by atoms with van der Waals surface area (Å²) in [5.41, 5.74) is 1.09. The summed E-state index contributed by atoms with van der Waals surface area (Å²) < 4.78 is 88.2. The Morgan fingerprint density at radius 3 is 2.44 bits per heavy atom. The van der Waals surface area contributed by atoms with Crippen molar-refractivity contribution in [2.45, 2.75) is 61.7 Å². The lowest BCUT2D eigenvalue weighted by molar-refractivity contribution is -0.116. The van der Waals surface area contributed by atoms with E-state index in [-0.39, 0.29) is 31.4 Å². The van der Waals surface area contributed by atoms with E-state index in [0.717, 1.165) is 16.4 Å². The fourth-order valence-electron chi connectivity index (χ4n) is 6.90. The number of ketones is 1. The van der Waals surface area contributed by atoms with Gasteiger partial charge in [-0.1, -0.05) is 5.57 Å². The number of rotatable bonds is 7. The van der Waals surface area contributed by atoms with E-state index >= 15 is 0 Å². The first-order valence-electron chi connectivity index (χ1n) is 14.3. The average molecular weight is 642 g/mol. The molecule has 2 fully saturated rings. The van der Waals surface area contributed by atoms with Crippen LogP contribution in [0.5, 0.6) is 0 Å². The van der Waals surface area contributed by atoms with Crippen molar-refractivity contribution in [1.29, 1.82) is 0 Å². The number of aryl methyl sites for hydroxylation is 1. The normalized spacial score (nSPS) is 22.8. The van der Waals surface area contributed by atoms with E-state index in [2.05, 4.69) is 20.2 Å². The maximum atomic E-state index is 14.4. The van der Waals surface area contributed by atoms with Gasteiger partial charge in [-0.3, -0.25) is 14.5 Å². The molecule has 7 rings (SSSR count). The molecule has 3 heterocycles. The molecular weight excluding hydrogens is 614 g/mol. The molecule has 0 saturated heterocycles. The number of benzene rings is 1. The van der Waals surface area contributed by atoms with Gasteiger partial charge in [-0.25, -0.2) is 35.6 Å². The molecule has 1 aromatic carbocycles. The lowest BCUT2D eigenvalue weighted by atomic mass is 9.60. The largest absolute Gasteiger partial charge is 0.291 e. The zero-order valence-electron chi connectivity index (χ0n) is 23.9. The van der Waals surface area contributed by atoms with Gasteiger partial charge in [-0.05, 0) is 67.7 Å². The van der Waals surface area contributed by atoms with Gasteiger partial charge in [-0.2, -0.15) is 9.40 Å². The van der Waals surface area contributed by atoms with Gasteiger partial charge in [0.1, 0.15) is 23.7 Å². The Balaban J connectivity index is 1.33. The Bertz CT molecular complexity index is 1950. The van der Waals surface area contributed by atoms with Gasteiger partial charge in [-0.15, -0.1) is 5.10 Å². The highest BCUT2D eigenvalue weighted by Gasteiger charge is 2.57. The van der Waals surface area contributed by atoms with E-state index in [1.54, 1.807) is 23.0 Å². The molecule has 3 aliphatic rings. The average Bonchev–Trinajstić information content (AvgIpc) is 3.61. The second kappa shape index (κ2) is 10.4. The molecule has 4 aromatic rings.